The van der Waals surface area contributed by atoms with Crippen molar-refractivity contribution in [2.75, 3.05) is 19.0 Å². The number of carbonyl (C=O) groups is 1. The maximum Gasteiger partial charge on any atom is 0.332 e. The van der Waals surface area contributed by atoms with E-state index in [0.717, 1.165) is 9.13 Å². The Kier molecular flexibility index (Phi) is 4.14. The molecule has 0 amide bonds. The maximum atomic E-state index is 13.1. The summed E-state index contributed by atoms with van der Waals surface area (Å²) in [6.07, 6.45) is 0. The van der Waals surface area contributed by atoms with Gasteiger partial charge in [0, 0.05) is 45.9 Å². The summed E-state index contributed by atoms with van der Waals surface area (Å²) in [7, 11) is 6.05. The molecule has 0 N–H and O–H groups in total. The Bertz CT molecular complexity index is 1200. The van der Waals surface area contributed by atoms with Gasteiger partial charge in [0.25, 0.3) is 17.2 Å². The van der Waals surface area contributed by atoms with Gasteiger partial charge >= 0.3 is 5.69 Å². The van der Waals surface area contributed by atoms with Crippen molar-refractivity contribution < 1.29 is 9.72 Å². The molecule has 0 bridgehead atoms. The number of fused-ring (bicyclic) bond motifs is 1. The van der Waals surface area contributed by atoms with Crippen LogP contribution in [0.5, 0.6) is 0 Å². The first-order valence-corrected chi connectivity index (χ1v) is 7.80. The van der Waals surface area contributed by atoms with Crippen molar-refractivity contribution in [2.24, 2.45) is 14.1 Å². The number of carbonyl (C=O) groups excluding carboxylic acids is 1. The molecule has 2 heterocycles. The number of rotatable bonds is 3. The van der Waals surface area contributed by atoms with Gasteiger partial charge in [0.2, 0.25) is 5.95 Å². The van der Waals surface area contributed by atoms with Crippen molar-refractivity contribution >= 4 is 28.7 Å². The fourth-order valence-corrected chi connectivity index (χ4v) is 2.73. The van der Waals surface area contributed by atoms with E-state index in [1.165, 1.54) is 47.8 Å². The summed E-state index contributed by atoms with van der Waals surface area (Å²) < 4.78 is 3.19. The van der Waals surface area contributed by atoms with Gasteiger partial charge in [-0.3, -0.25) is 28.8 Å². The first kappa shape index (κ1) is 18.0. The van der Waals surface area contributed by atoms with Crippen LogP contribution in [0.2, 0.25) is 0 Å². The number of aromatic nitrogens is 4. The zero-order valence-corrected chi connectivity index (χ0v) is 15.0. The molecule has 0 spiro atoms. The highest BCUT2D eigenvalue weighted by atomic mass is 16.6. The SMILES string of the molecule is CN(C)c1nc2c(c(=O)n(C)c(=O)n2C)n1C(=O)c1ccc([N+](=O)[O-])cc1. The largest absolute Gasteiger partial charge is 0.348 e. The van der Waals surface area contributed by atoms with E-state index in [9.17, 15) is 24.5 Å². The molecule has 3 aromatic rings. The zero-order valence-electron chi connectivity index (χ0n) is 15.0. The molecule has 0 aliphatic heterocycles. The Morgan fingerprint density at radius 2 is 1.70 bits per heavy atom. The zero-order chi connectivity index (χ0) is 20.0. The molecule has 2 aromatic heterocycles. The maximum absolute atomic E-state index is 13.1. The highest BCUT2D eigenvalue weighted by molar-refractivity contribution is 6.03. The quantitative estimate of drug-likeness (QED) is 0.471. The predicted molar refractivity (Wildman–Crippen MR) is 97.4 cm³/mol. The minimum absolute atomic E-state index is 0.0494. The highest BCUT2D eigenvalue weighted by Gasteiger charge is 2.25. The average molecular weight is 372 g/mol. The number of aryl methyl sites for hydroxylation is 1. The van der Waals surface area contributed by atoms with E-state index in [4.69, 9.17) is 0 Å². The fraction of sp³-hybridized carbons (Fsp3) is 0.250. The molecular weight excluding hydrogens is 356 g/mol. The molecule has 3 rings (SSSR count). The molecule has 0 aliphatic rings. The van der Waals surface area contributed by atoms with Crippen LogP contribution in [0.4, 0.5) is 11.6 Å². The summed E-state index contributed by atoms with van der Waals surface area (Å²) in [6.45, 7) is 0. The lowest BCUT2D eigenvalue weighted by Gasteiger charge is -2.13. The molecule has 0 saturated carbocycles. The van der Waals surface area contributed by atoms with Crippen molar-refractivity contribution in [3.05, 3.63) is 60.8 Å². The van der Waals surface area contributed by atoms with E-state index in [1.807, 2.05) is 0 Å². The van der Waals surface area contributed by atoms with Crippen molar-refractivity contribution in [3.63, 3.8) is 0 Å². The van der Waals surface area contributed by atoms with Crippen LogP contribution in [0.1, 0.15) is 10.4 Å². The number of benzene rings is 1. The molecule has 0 fully saturated rings. The van der Waals surface area contributed by atoms with Gasteiger partial charge < -0.3 is 4.90 Å². The molecule has 11 heteroatoms. The summed E-state index contributed by atoms with van der Waals surface area (Å²) >= 11 is 0. The van der Waals surface area contributed by atoms with Crippen molar-refractivity contribution in [1.29, 1.82) is 0 Å². The van der Waals surface area contributed by atoms with Crippen LogP contribution in [0, 0.1) is 10.1 Å². The van der Waals surface area contributed by atoms with E-state index in [-0.39, 0.29) is 28.4 Å². The van der Waals surface area contributed by atoms with E-state index >= 15 is 0 Å². The lowest BCUT2D eigenvalue weighted by atomic mass is 10.2. The molecule has 0 saturated heterocycles. The molecule has 0 unspecified atom stereocenters. The second-order valence-electron chi connectivity index (χ2n) is 6.13. The van der Waals surface area contributed by atoms with Gasteiger partial charge in [-0.15, -0.1) is 0 Å². The van der Waals surface area contributed by atoms with Crippen LogP contribution >= 0.6 is 0 Å². The van der Waals surface area contributed by atoms with Gasteiger partial charge in [0.15, 0.2) is 11.2 Å². The van der Waals surface area contributed by atoms with Gasteiger partial charge in [-0.1, -0.05) is 0 Å². The molecule has 0 atom stereocenters. The summed E-state index contributed by atoms with van der Waals surface area (Å²) in [4.78, 5) is 53.9. The van der Waals surface area contributed by atoms with Crippen LogP contribution < -0.4 is 16.1 Å². The summed E-state index contributed by atoms with van der Waals surface area (Å²) in [5, 5.41) is 10.8. The standard InChI is InChI=1S/C16H16N6O5/c1-18(2)15-17-12-11(14(24)20(4)16(25)19(12)3)21(15)13(23)9-5-7-10(8-6-9)22(26)27/h5-8H,1-4H3. The van der Waals surface area contributed by atoms with Crippen LogP contribution in [-0.4, -0.2) is 43.6 Å². The Balaban J connectivity index is 2.34. The number of non-ortho nitro benzene ring substituents is 1. The third kappa shape index (κ3) is 2.69. The Hall–Kier alpha value is -3.76. The molecular formula is C16H16N6O5. The first-order chi connectivity index (χ1) is 12.6. The summed E-state index contributed by atoms with van der Waals surface area (Å²) in [5.74, 6) is -0.432. The van der Waals surface area contributed by atoms with Gasteiger partial charge in [-0.25, -0.2) is 9.36 Å². The van der Waals surface area contributed by atoms with Crippen molar-refractivity contribution in [3.8, 4) is 0 Å². The van der Waals surface area contributed by atoms with Crippen LogP contribution in [0.25, 0.3) is 11.2 Å². The van der Waals surface area contributed by atoms with E-state index in [2.05, 4.69) is 4.98 Å². The Morgan fingerprint density at radius 1 is 1.11 bits per heavy atom. The van der Waals surface area contributed by atoms with Crippen LogP contribution in [-0.2, 0) is 14.1 Å². The van der Waals surface area contributed by atoms with Gasteiger partial charge in [0.05, 0.1) is 4.92 Å². The first-order valence-electron chi connectivity index (χ1n) is 7.80. The van der Waals surface area contributed by atoms with E-state index in [1.54, 1.807) is 14.1 Å². The Labute approximate surface area is 151 Å². The number of nitro benzene ring substituents is 1. The minimum atomic E-state index is -0.663. The fourth-order valence-electron chi connectivity index (χ4n) is 2.73. The van der Waals surface area contributed by atoms with Crippen molar-refractivity contribution in [1.82, 2.24) is 18.7 Å². The normalized spacial score (nSPS) is 11.0. The minimum Gasteiger partial charge on any atom is -0.348 e. The van der Waals surface area contributed by atoms with Gasteiger partial charge in [-0.2, -0.15) is 4.98 Å². The lowest BCUT2D eigenvalue weighted by molar-refractivity contribution is -0.384. The summed E-state index contributed by atoms with van der Waals surface area (Å²) in [6, 6.07) is 5.02. The third-order valence-corrected chi connectivity index (χ3v) is 4.17. The number of anilines is 1. The lowest BCUT2D eigenvalue weighted by Crippen LogP contribution is -2.38. The third-order valence-electron chi connectivity index (χ3n) is 4.17. The number of hydrogen-bond acceptors (Lipinski definition) is 7. The second kappa shape index (κ2) is 6.20. The number of imidazole rings is 1. The number of nitro groups is 1. The number of hydrogen-bond donors (Lipinski definition) is 0. The van der Waals surface area contributed by atoms with Crippen LogP contribution in [0.3, 0.4) is 0 Å². The Morgan fingerprint density at radius 3 is 2.22 bits per heavy atom. The molecule has 27 heavy (non-hydrogen) atoms. The van der Waals surface area contributed by atoms with Gasteiger partial charge in [-0.05, 0) is 12.1 Å². The topological polar surface area (TPSA) is 125 Å². The summed E-state index contributed by atoms with van der Waals surface area (Å²) in [5.41, 5.74) is -1.23. The van der Waals surface area contributed by atoms with Crippen molar-refractivity contribution in [2.45, 2.75) is 0 Å². The molecule has 1 aromatic carbocycles. The molecule has 140 valence electrons. The molecule has 11 nitrogen and oxygen atoms in total. The molecule has 0 radical (unpaired) electrons. The number of nitrogens with zero attached hydrogens (tertiary/aromatic N) is 6. The monoisotopic (exact) mass is 372 g/mol. The van der Waals surface area contributed by atoms with E-state index in [0.29, 0.717) is 0 Å². The second-order valence-corrected chi connectivity index (χ2v) is 6.13. The van der Waals surface area contributed by atoms with E-state index < -0.39 is 22.1 Å². The van der Waals surface area contributed by atoms with Gasteiger partial charge in [0.1, 0.15) is 0 Å². The predicted octanol–water partition coefficient (Wildman–Crippen LogP) is 0.0964. The highest BCUT2D eigenvalue weighted by Crippen LogP contribution is 2.21. The average Bonchev–Trinajstić information content (AvgIpc) is 3.05. The van der Waals surface area contributed by atoms with Crippen LogP contribution in [0.15, 0.2) is 33.9 Å². The smallest absolute Gasteiger partial charge is 0.332 e. The molecule has 0 aliphatic carbocycles.